The van der Waals surface area contributed by atoms with Crippen molar-refractivity contribution >= 4 is 11.9 Å². The van der Waals surface area contributed by atoms with E-state index < -0.39 is 49.3 Å². The van der Waals surface area contributed by atoms with Gasteiger partial charge in [-0.3, -0.25) is 0 Å². The van der Waals surface area contributed by atoms with Crippen LogP contribution in [0.15, 0.2) is 60.7 Å². The summed E-state index contributed by atoms with van der Waals surface area (Å²) >= 11 is 0. The fourth-order valence-electron chi connectivity index (χ4n) is 2.77. The molecular formula is C20H20O8. The zero-order chi connectivity index (χ0) is 20.1. The van der Waals surface area contributed by atoms with Crippen LogP contribution in [0.5, 0.6) is 0 Å². The average molecular weight is 388 g/mol. The number of carbonyl (C=O) groups is 2. The highest BCUT2D eigenvalue weighted by atomic mass is 16.7. The van der Waals surface area contributed by atoms with Crippen LogP contribution in [0.4, 0.5) is 0 Å². The van der Waals surface area contributed by atoms with Crippen molar-refractivity contribution in [2.45, 2.75) is 30.7 Å². The lowest BCUT2D eigenvalue weighted by atomic mass is 9.99. The summed E-state index contributed by atoms with van der Waals surface area (Å²) < 4.78 is 15.3. The summed E-state index contributed by atoms with van der Waals surface area (Å²) in [5.74, 6) is -1.42. The van der Waals surface area contributed by atoms with Gasteiger partial charge in [-0.25, -0.2) is 9.59 Å². The molecule has 0 radical (unpaired) electrons. The van der Waals surface area contributed by atoms with Crippen LogP contribution >= 0.6 is 0 Å². The van der Waals surface area contributed by atoms with Crippen LogP contribution in [0.25, 0.3) is 0 Å². The molecule has 148 valence electrons. The number of aliphatic hydroxyl groups excluding tert-OH is 3. The summed E-state index contributed by atoms with van der Waals surface area (Å²) in [6.45, 7) is -0.400. The Balaban J connectivity index is 1.58. The van der Waals surface area contributed by atoms with Gasteiger partial charge >= 0.3 is 11.9 Å². The molecule has 0 saturated carbocycles. The second kappa shape index (κ2) is 8.94. The third-order valence-corrected chi connectivity index (χ3v) is 4.30. The van der Waals surface area contributed by atoms with Crippen molar-refractivity contribution in [3.05, 3.63) is 71.8 Å². The molecule has 1 aliphatic rings. The standard InChI is InChI=1S/C20H20O8/c21-15-14(11-26-18(23)12-7-3-1-4-8-12)27-20(25)17(16(15)22)28-19(24)13-9-5-2-6-10-13/h1-10,14-17,20-22,25H,11H2/t14-,15-,16+,17-,20+/m1/s1. The first kappa shape index (κ1) is 20.0. The lowest BCUT2D eigenvalue weighted by Gasteiger charge is -2.39. The van der Waals surface area contributed by atoms with E-state index in [-0.39, 0.29) is 5.56 Å². The molecule has 3 N–H and O–H groups in total. The van der Waals surface area contributed by atoms with Crippen molar-refractivity contribution in [3.8, 4) is 0 Å². The number of benzene rings is 2. The summed E-state index contributed by atoms with van der Waals surface area (Å²) in [6, 6.07) is 16.2. The van der Waals surface area contributed by atoms with E-state index >= 15 is 0 Å². The highest BCUT2D eigenvalue weighted by Crippen LogP contribution is 2.24. The zero-order valence-electron chi connectivity index (χ0n) is 14.8. The van der Waals surface area contributed by atoms with Crippen molar-refractivity contribution in [1.29, 1.82) is 0 Å². The molecule has 28 heavy (non-hydrogen) atoms. The number of ether oxygens (including phenoxy) is 3. The Labute approximate surface area is 160 Å². The predicted molar refractivity (Wildman–Crippen MR) is 95.3 cm³/mol. The smallest absolute Gasteiger partial charge is 0.338 e. The normalized spacial score (nSPS) is 27.0. The van der Waals surface area contributed by atoms with Gasteiger partial charge in [0.15, 0.2) is 12.4 Å². The lowest BCUT2D eigenvalue weighted by Crippen LogP contribution is -2.60. The van der Waals surface area contributed by atoms with Gasteiger partial charge in [0.25, 0.3) is 0 Å². The minimum Gasteiger partial charge on any atom is -0.459 e. The average Bonchev–Trinajstić information content (AvgIpc) is 2.73. The number of rotatable bonds is 5. The van der Waals surface area contributed by atoms with Gasteiger partial charge in [0.2, 0.25) is 0 Å². The quantitative estimate of drug-likeness (QED) is 0.633. The Morgan fingerprint density at radius 1 is 0.821 bits per heavy atom. The van der Waals surface area contributed by atoms with Crippen LogP contribution in [0.1, 0.15) is 20.7 Å². The van der Waals surface area contributed by atoms with Crippen LogP contribution in [-0.4, -0.2) is 64.6 Å². The molecule has 1 fully saturated rings. The number of carbonyl (C=O) groups excluding carboxylic acids is 2. The van der Waals surface area contributed by atoms with Gasteiger partial charge in [0.1, 0.15) is 24.9 Å². The Kier molecular flexibility index (Phi) is 6.37. The predicted octanol–water partition coefficient (Wildman–Crippen LogP) is 0.508. The maximum absolute atomic E-state index is 12.1. The van der Waals surface area contributed by atoms with Gasteiger partial charge in [0.05, 0.1) is 11.1 Å². The molecule has 0 unspecified atom stereocenters. The lowest BCUT2D eigenvalue weighted by molar-refractivity contribution is -0.285. The fraction of sp³-hybridized carbons (Fsp3) is 0.300. The van der Waals surface area contributed by atoms with E-state index in [4.69, 9.17) is 14.2 Å². The summed E-state index contributed by atoms with van der Waals surface area (Å²) in [7, 11) is 0. The molecule has 8 heteroatoms. The van der Waals surface area contributed by atoms with E-state index in [0.717, 1.165) is 0 Å². The summed E-state index contributed by atoms with van der Waals surface area (Å²) in [6.07, 6.45) is -7.56. The van der Waals surface area contributed by atoms with E-state index in [1.165, 1.54) is 12.1 Å². The van der Waals surface area contributed by atoms with Gasteiger partial charge in [-0.05, 0) is 24.3 Å². The number of esters is 2. The number of hydrogen-bond donors (Lipinski definition) is 3. The molecule has 5 atom stereocenters. The molecule has 2 aromatic carbocycles. The van der Waals surface area contributed by atoms with Gasteiger partial charge in [-0.1, -0.05) is 36.4 Å². The second-order valence-electron chi connectivity index (χ2n) is 6.25. The van der Waals surface area contributed by atoms with Crippen molar-refractivity contribution in [2.75, 3.05) is 6.61 Å². The Hall–Kier alpha value is -2.78. The molecule has 8 nitrogen and oxygen atoms in total. The number of aliphatic hydroxyl groups is 3. The topological polar surface area (TPSA) is 123 Å². The van der Waals surface area contributed by atoms with E-state index in [1.54, 1.807) is 48.5 Å². The van der Waals surface area contributed by atoms with Gasteiger partial charge in [-0.2, -0.15) is 0 Å². The van der Waals surface area contributed by atoms with E-state index in [9.17, 15) is 24.9 Å². The Morgan fingerprint density at radius 2 is 1.36 bits per heavy atom. The van der Waals surface area contributed by atoms with Crippen molar-refractivity contribution in [3.63, 3.8) is 0 Å². The van der Waals surface area contributed by atoms with Crippen LogP contribution in [0.2, 0.25) is 0 Å². The van der Waals surface area contributed by atoms with E-state index in [2.05, 4.69) is 0 Å². The van der Waals surface area contributed by atoms with Crippen molar-refractivity contribution in [2.24, 2.45) is 0 Å². The molecule has 1 saturated heterocycles. The molecule has 2 aromatic rings. The third kappa shape index (κ3) is 4.55. The van der Waals surface area contributed by atoms with Crippen LogP contribution in [-0.2, 0) is 14.2 Å². The SMILES string of the molecule is O=C(OC[C@H]1O[C@H](O)[C@H](OC(=O)c2ccccc2)[C@@H](O)[C@@H]1O)c1ccccc1. The minimum atomic E-state index is -1.70. The molecule has 0 spiro atoms. The van der Waals surface area contributed by atoms with Crippen LogP contribution < -0.4 is 0 Å². The first-order valence-corrected chi connectivity index (χ1v) is 8.65. The molecule has 1 heterocycles. The van der Waals surface area contributed by atoms with Crippen LogP contribution in [0, 0.1) is 0 Å². The summed E-state index contributed by atoms with van der Waals surface area (Å²) in [5, 5.41) is 30.6. The molecule has 3 rings (SSSR count). The van der Waals surface area contributed by atoms with E-state index in [0.29, 0.717) is 5.56 Å². The summed E-state index contributed by atoms with van der Waals surface area (Å²) in [4.78, 5) is 24.1. The van der Waals surface area contributed by atoms with Gasteiger partial charge < -0.3 is 29.5 Å². The first-order valence-electron chi connectivity index (χ1n) is 8.65. The zero-order valence-corrected chi connectivity index (χ0v) is 14.8. The van der Waals surface area contributed by atoms with Crippen LogP contribution in [0.3, 0.4) is 0 Å². The van der Waals surface area contributed by atoms with E-state index in [1.807, 2.05) is 0 Å². The second-order valence-corrected chi connectivity index (χ2v) is 6.25. The maximum atomic E-state index is 12.1. The summed E-state index contributed by atoms with van der Waals surface area (Å²) in [5.41, 5.74) is 0.527. The third-order valence-electron chi connectivity index (χ3n) is 4.30. The van der Waals surface area contributed by atoms with Crippen molar-refractivity contribution < 1.29 is 39.1 Å². The molecular weight excluding hydrogens is 368 g/mol. The highest BCUT2D eigenvalue weighted by Gasteiger charge is 2.46. The number of hydrogen-bond acceptors (Lipinski definition) is 8. The Morgan fingerprint density at radius 3 is 1.93 bits per heavy atom. The molecule has 0 aromatic heterocycles. The van der Waals surface area contributed by atoms with Crippen molar-refractivity contribution in [1.82, 2.24) is 0 Å². The first-order chi connectivity index (χ1) is 13.5. The fourth-order valence-corrected chi connectivity index (χ4v) is 2.77. The molecule has 0 amide bonds. The van der Waals surface area contributed by atoms with Gasteiger partial charge in [-0.15, -0.1) is 0 Å². The highest BCUT2D eigenvalue weighted by molar-refractivity contribution is 5.89. The minimum absolute atomic E-state index is 0.218. The molecule has 0 bridgehead atoms. The monoisotopic (exact) mass is 388 g/mol. The largest absolute Gasteiger partial charge is 0.459 e. The molecule has 1 aliphatic heterocycles. The van der Waals surface area contributed by atoms with Gasteiger partial charge in [0, 0.05) is 0 Å². The maximum Gasteiger partial charge on any atom is 0.338 e. The molecule has 0 aliphatic carbocycles. The Bertz CT molecular complexity index is 792.